The van der Waals surface area contributed by atoms with Gasteiger partial charge in [-0.05, 0) is 98.5 Å². The molecule has 0 radical (unpaired) electrons. The zero-order valence-corrected chi connectivity index (χ0v) is 26.0. The van der Waals surface area contributed by atoms with Gasteiger partial charge in [-0.15, -0.1) is 11.8 Å². The molecule has 3 rings (SSSR count). The van der Waals surface area contributed by atoms with E-state index in [0.717, 1.165) is 36.3 Å². The Hall–Kier alpha value is -4.04. The van der Waals surface area contributed by atoms with E-state index in [-0.39, 0.29) is 5.97 Å². The minimum absolute atomic E-state index is 0.304. The van der Waals surface area contributed by atoms with Crippen molar-refractivity contribution in [3.05, 3.63) is 95.6 Å². The third-order valence-electron chi connectivity index (χ3n) is 6.53. The van der Waals surface area contributed by atoms with Crippen LogP contribution < -0.4 is 14.2 Å². The largest absolute Gasteiger partial charge is 0.496 e. The number of rotatable bonds is 17. The van der Waals surface area contributed by atoms with Gasteiger partial charge in [0.25, 0.3) is 0 Å². The van der Waals surface area contributed by atoms with E-state index < -0.39 is 11.9 Å². The molecule has 0 saturated heterocycles. The molecule has 8 heteroatoms. The average Bonchev–Trinajstić information content (AvgIpc) is 3.01. The molecule has 7 nitrogen and oxygen atoms in total. The summed E-state index contributed by atoms with van der Waals surface area (Å²) in [5, 5.41) is 0. The second-order valence-electron chi connectivity index (χ2n) is 10.1. The lowest BCUT2D eigenvalue weighted by Crippen LogP contribution is -2.10. The van der Waals surface area contributed by atoms with E-state index in [1.807, 2.05) is 30.3 Å². The maximum Gasteiger partial charge on any atom is 0.343 e. The van der Waals surface area contributed by atoms with E-state index in [4.69, 9.17) is 18.9 Å². The summed E-state index contributed by atoms with van der Waals surface area (Å²) in [5.41, 5.74) is 2.30. The van der Waals surface area contributed by atoms with Gasteiger partial charge in [0.1, 0.15) is 17.2 Å². The molecule has 0 aliphatic heterocycles. The fraction of sp³-hybridized carbons (Fsp3) is 0.343. The number of aryl methyl sites for hydroxylation is 1. The van der Waals surface area contributed by atoms with Crippen molar-refractivity contribution >= 4 is 29.7 Å². The summed E-state index contributed by atoms with van der Waals surface area (Å²) in [4.78, 5) is 37.7. The number of benzene rings is 3. The summed E-state index contributed by atoms with van der Waals surface area (Å²) in [6.45, 7) is 7.73. The summed E-state index contributed by atoms with van der Waals surface area (Å²) in [6, 6.07) is 19.0. The Morgan fingerprint density at radius 1 is 0.767 bits per heavy atom. The van der Waals surface area contributed by atoms with Gasteiger partial charge in [-0.1, -0.05) is 44.9 Å². The fourth-order valence-corrected chi connectivity index (χ4v) is 5.08. The lowest BCUT2D eigenvalue weighted by Gasteiger charge is -2.11. The lowest BCUT2D eigenvalue weighted by atomic mass is 10.1. The predicted octanol–water partition coefficient (Wildman–Crippen LogP) is 8.25. The van der Waals surface area contributed by atoms with Crippen LogP contribution in [0.3, 0.4) is 0 Å². The average molecular weight is 605 g/mol. The molecule has 0 aromatic heterocycles. The third-order valence-corrected chi connectivity index (χ3v) is 7.67. The molecule has 0 amide bonds. The van der Waals surface area contributed by atoms with Crippen molar-refractivity contribution in [2.24, 2.45) is 0 Å². The summed E-state index contributed by atoms with van der Waals surface area (Å²) >= 11 is 1.59. The molecule has 0 N–H and O–H groups in total. The quantitative estimate of drug-likeness (QED) is 0.0500. The van der Waals surface area contributed by atoms with Crippen molar-refractivity contribution in [1.29, 1.82) is 0 Å². The van der Waals surface area contributed by atoms with Crippen LogP contribution in [0.15, 0.2) is 83.8 Å². The second kappa shape index (κ2) is 17.8. The van der Waals surface area contributed by atoms with Gasteiger partial charge >= 0.3 is 17.9 Å². The molecule has 0 fully saturated rings. The fourth-order valence-electron chi connectivity index (χ4n) is 4.06. The van der Waals surface area contributed by atoms with Gasteiger partial charge in [0, 0.05) is 10.5 Å². The van der Waals surface area contributed by atoms with Crippen LogP contribution in [0.25, 0.3) is 0 Å². The minimum Gasteiger partial charge on any atom is -0.496 e. The van der Waals surface area contributed by atoms with E-state index in [2.05, 4.69) is 13.5 Å². The first kappa shape index (κ1) is 33.5. The van der Waals surface area contributed by atoms with Crippen molar-refractivity contribution in [1.82, 2.24) is 0 Å². The number of carbonyl (C=O) groups excluding carboxylic acids is 3. The van der Waals surface area contributed by atoms with Gasteiger partial charge in [-0.3, -0.25) is 0 Å². The Morgan fingerprint density at radius 2 is 1.40 bits per heavy atom. The molecule has 0 spiro atoms. The van der Waals surface area contributed by atoms with Crippen LogP contribution in [0.4, 0.5) is 0 Å². The van der Waals surface area contributed by atoms with Gasteiger partial charge < -0.3 is 18.9 Å². The Labute approximate surface area is 258 Å². The number of hydrogen-bond acceptors (Lipinski definition) is 8. The van der Waals surface area contributed by atoms with Crippen LogP contribution >= 0.6 is 11.8 Å². The number of ether oxygens (including phenoxy) is 4. The minimum atomic E-state index is -0.542. The molecule has 228 valence electrons. The topological polar surface area (TPSA) is 88.1 Å². The van der Waals surface area contributed by atoms with Crippen molar-refractivity contribution < 1.29 is 33.3 Å². The van der Waals surface area contributed by atoms with Crippen molar-refractivity contribution in [2.75, 3.05) is 19.5 Å². The van der Waals surface area contributed by atoms with Gasteiger partial charge in [0.05, 0.1) is 24.8 Å². The maximum atomic E-state index is 12.8. The smallest absolute Gasteiger partial charge is 0.343 e. The second-order valence-corrected chi connectivity index (χ2v) is 11.2. The molecule has 0 atom stereocenters. The molecule has 0 saturated carbocycles. The zero-order chi connectivity index (χ0) is 31.0. The Morgan fingerprint density at radius 3 is 2.02 bits per heavy atom. The Balaban J connectivity index is 1.47. The number of carbonyl (C=O) groups is 3. The summed E-state index contributed by atoms with van der Waals surface area (Å²) in [7, 11) is 1.55. The van der Waals surface area contributed by atoms with Crippen molar-refractivity contribution in [3.63, 3.8) is 0 Å². The van der Waals surface area contributed by atoms with E-state index in [1.54, 1.807) is 62.2 Å². The van der Waals surface area contributed by atoms with E-state index in [0.29, 0.717) is 40.6 Å². The molecular weight excluding hydrogens is 564 g/mol. The Kier molecular flexibility index (Phi) is 13.9. The Bertz CT molecular complexity index is 1360. The molecule has 0 aliphatic rings. The number of hydrogen-bond donors (Lipinski definition) is 0. The van der Waals surface area contributed by atoms with Crippen LogP contribution in [-0.2, 0) is 16.0 Å². The molecule has 0 unspecified atom stereocenters. The summed E-state index contributed by atoms with van der Waals surface area (Å²) in [6.07, 6.45) is 7.43. The SMILES string of the molecule is C=C(C)C(=O)OCCCCSc1ccc(C(=O)Oc2ccc(C(=O)Oc3ccc(CCCCCC)cc3)cc2)cc1OC. The predicted molar refractivity (Wildman–Crippen MR) is 169 cm³/mol. The van der Waals surface area contributed by atoms with Crippen LogP contribution in [0.2, 0.25) is 0 Å². The first-order valence-corrected chi connectivity index (χ1v) is 15.6. The van der Waals surface area contributed by atoms with Crippen molar-refractivity contribution in [2.45, 2.75) is 63.7 Å². The number of methoxy groups -OCH3 is 1. The molecule has 0 heterocycles. The third kappa shape index (κ3) is 11.3. The van der Waals surface area contributed by atoms with E-state index in [1.165, 1.54) is 24.8 Å². The van der Waals surface area contributed by atoms with E-state index >= 15 is 0 Å². The highest BCUT2D eigenvalue weighted by Gasteiger charge is 2.15. The highest BCUT2D eigenvalue weighted by atomic mass is 32.2. The van der Waals surface area contributed by atoms with Crippen molar-refractivity contribution in [3.8, 4) is 17.2 Å². The van der Waals surface area contributed by atoms with Gasteiger partial charge in [0.15, 0.2) is 0 Å². The van der Waals surface area contributed by atoms with Crippen LogP contribution in [0.5, 0.6) is 17.2 Å². The van der Waals surface area contributed by atoms with Gasteiger partial charge in [0.2, 0.25) is 0 Å². The molecule has 0 bridgehead atoms. The molecule has 3 aromatic carbocycles. The first-order valence-electron chi connectivity index (χ1n) is 14.6. The molecular formula is C35H40O7S. The first-order chi connectivity index (χ1) is 20.8. The summed E-state index contributed by atoms with van der Waals surface area (Å²) in [5.74, 6) is 0.745. The highest BCUT2D eigenvalue weighted by Crippen LogP contribution is 2.31. The van der Waals surface area contributed by atoms with Gasteiger partial charge in [-0.2, -0.15) is 0 Å². The monoisotopic (exact) mass is 604 g/mol. The van der Waals surface area contributed by atoms with Gasteiger partial charge in [-0.25, -0.2) is 14.4 Å². The number of unbranched alkanes of at least 4 members (excludes halogenated alkanes) is 4. The normalized spacial score (nSPS) is 10.6. The van der Waals surface area contributed by atoms with Crippen LogP contribution in [0, 0.1) is 0 Å². The zero-order valence-electron chi connectivity index (χ0n) is 25.2. The molecule has 0 aliphatic carbocycles. The highest BCUT2D eigenvalue weighted by molar-refractivity contribution is 7.99. The standard InChI is InChI=1S/C35H40O7S/c1-5-6-7-8-11-26-12-17-29(18-13-26)41-34(37)27-14-19-30(20-15-27)42-35(38)28-16-21-32(31(24-28)39-4)43-23-10-9-22-40-33(36)25(2)3/h12-21,24H,2,5-11,22-23H2,1,3-4H3. The number of thioether (sulfide) groups is 1. The summed E-state index contributed by atoms with van der Waals surface area (Å²) < 4.78 is 21.6. The lowest BCUT2D eigenvalue weighted by molar-refractivity contribution is -0.139. The molecule has 3 aromatic rings. The van der Waals surface area contributed by atoms with Crippen LogP contribution in [-0.4, -0.2) is 37.4 Å². The molecule has 43 heavy (non-hydrogen) atoms. The number of esters is 3. The van der Waals surface area contributed by atoms with Crippen LogP contribution in [0.1, 0.15) is 78.7 Å². The maximum absolute atomic E-state index is 12.8. The van der Waals surface area contributed by atoms with E-state index in [9.17, 15) is 14.4 Å².